The van der Waals surface area contributed by atoms with Gasteiger partial charge in [-0.3, -0.25) is 4.90 Å². The third-order valence-electron chi connectivity index (χ3n) is 4.60. The Morgan fingerprint density at radius 1 is 1.04 bits per heavy atom. The van der Waals surface area contributed by atoms with E-state index in [0.29, 0.717) is 6.04 Å². The summed E-state index contributed by atoms with van der Waals surface area (Å²) < 4.78 is 11.4. The smallest absolute Gasteiger partial charge is 0.127 e. The molecule has 1 aromatic carbocycles. The Morgan fingerprint density at radius 2 is 1.57 bits per heavy atom. The SMILES string of the molecule is COc1cc(C)cc(OC)c1[C@H](C1CC1)N1CCNCC1.Cl.Cl. The Balaban J connectivity index is 0.00000132. The normalized spacial score (nSPS) is 19.3. The largest absolute Gasteiger partial charge is 0.496 e. The van der Waals surface area contributed by atoms with Crippen molar-refractivity contribution in [2.45, 2.75) is 25.8 Å². The number of benzene rings is 1. The van der Waals surface area contributed by atoms with Crippen molar-refractivity contribution < 1.29 is 9.47 Å². The van der Waals surface area contributed by atoms with Gasteiger partial charge in [0, 0.05) is 32.2 Å². The van der Waals surface area contributed by atoms with Crippen LogP contribution in [0.1, 0.15) is 30.0 Å². The van der Waals surface area contributed by atoms with E-state index < -0.39 is 0 Å². The molecule has 2 fully saturated rings. The molecular weight excluding hydrogens is 335 g/mol. The molecule has 1 heterocycles. The number of halogens is 2. The van der Waals surface area contributed by atoms with Crippen molar-refractivity contribution in [3.8, 4) is 11.5 Å². The summed E-state index contributed by atoms with van der Waals surface area (Å²) in [6.07, 6.45) is 2.63. The number of nitrogens with one attached hydrogen (secondary N) is 1. The molecule has 1 N–H and O–H groups in total. The van der Waals surface area contributed by atoms with Gasteiger partial charge in [-0.15, -0.1) is 24.8 Å². The van der Waals surface area contributed by atoms with E-state index in [1.807, 2.05) is 0 Å². The van der Waals surface area contributed by atoms with E-state index in [0.717, 1.165) is 43.6 Å². The first-order chi connectivity index (χ1) is 10.2. The summed E-state index contributed by atoms with van der Waals surface area (Å²) in [5, 5.41) is 3.44. The molecule has 1 atom stereocenters. The Labute approximate surface area is 151 Å². The first-order valence-corrected chi connectivity index (χ1v) is 7.92. The van der Waals surface area contributed by atoms with Crippen molar-refractivity contribution >= 4 is 24.8 Å². The topological polar surface area (TPSA) is 33.7 Å². The second-order valence-corrected chi connectivity index (χ2v) is 6.15. The minimum atomic E-state index is 0. The molecule has 6 heteroatoms. The molecule has 0 spiro atoms. The highest BCUT2D eigenvalue weighted by Crippen LogP contribution is 2.50. The van der Waals surface area contributed by atoms with Crippen molar-refractivity contribution in [2.24, 2.45) is 5.92 Å². The lowest BCUT2D eigenvalue weighted by Gasteiger charge is -2.36. The molecule has 0 aromatic heterocycles. The molecule has 1 saturated carbocycles. The van der Waals surface area contributed by atoms with E-state index in [1.54, 1.807) is 14.2 Å². The summed E-state index contributed by atoms with van der Waals surface area (Å²) in [5.74, 6) is 2.69. The van der Waals surface area contributed by atoms with E-state index in [2.05, 4.69) is 29.3 Å². The Bertz CT molecular complexity index is 478. The number of hydrogen-bond acceptors (Lipinski definition) is 4. The number of aryl methyl sites for hydroxylation is 1. The fourth-order valence-electron chi connectivity index (χ4n) is 3.45. The van der Waals surface area contributed by atoms with Crippen LogP contribution in [0.3, 0.4) is 0 Å². The van der Waals surface area contributed by atoms with Crippen LogP contribution in [0, 0.1) is 12.8 Å². The van der Waals surface area contributed by atoms with Crippen molar-refractivity contribution in [2.75, 3.05) is 40.4 Å². The zero-order chi connectivity index (χ0) is 14.8. The van der Waals surface area contributed by atoms with Crippen LogP contribution in [0.15, 0.2) is 12.1 Å². The van der Waals surface area contributed by atoms with Crippen LogP contribution < -0.4 is 14.8 Å². The number of methoxy groups -OCH3 is 2. The highest BCUT2D eigenvalue weighted by atomic mass is 35.5. The van der Waals surface area contributed by atoms with Crippen molar-refractivity contribution in [3.63, 3.8) is 0 Å². The monoisotopic (exact) mass is 362 g/mol. The van der Waals surface area contributed by atoms with Gasteiger partial charge in [0.2, 0.25) is 0 Å². The molecule has 0 unspecified atom stereocenters. The molecule has 3 rings (SSSR count). The van der Waals surface area contributed by atoms with Gasteiger partial charge in [-0.1, -0.05) is 0 Å². The lowest BCUT2D eigenvalue weighted by Crippen LogP contribution is -2.45. The maximum atomic E-state index is 5.70. The van der Waals surface area contributed by atoms with Gasteiger partial charge in [0.05, 0.1) is 19.8 Å². The minimum Gasteiger partial charge on any atom is -0.496 e. The minimum absolute atomic E-state index is 0. The first kappa shape index (κ1) is 20.4. The maximum Gasteiger partial charge on any atom is 0.127 e. The first-order valence-electron chi connectivity index (χ1n) is 7.92. The lowest BCUT2D eigenvalue weighted by atomic mass is 9.96. The molecule has 0 radical (unpaired) electrons. The summed E-state index contributed by atoms with van der Waals surface area (Å²) >= 11 is 0. The number of nitrogens with zero attached hydrogens (tertiary/aromatic N) is 1. The fourth-order valence-corrected chi connectivity index (χ4v) is 3.45. The molecule has 0 amide bonds. The third kappa shape index (κ3) is 4.44. The number of hydrogen-bond donors (Lipinski definition) is 1. The summed E-state index contributed by atoms with van der Waals surface area (Å²) in [4.78, 5) is 2.60. The second-order valence-electron chi connectivity index (χ2n) is 6.15. The number of ether oxygens (including phenoxy) is 2. The molecule has 1 saturated heterocycles. The summed E-state index contributed by atoms with van der Waals surface area (Å²) in [5.41, 5.74) is 2.43. The van der Waals surface area contributed by atoms with Crippen LogP contribution in [-0.2, 0) is 0 Å². The zero-order valence-electron chi connectivity index (χ0n) is 14.1. The molecule has 23 heavy (non-hydrogen) atoms. The average molecular weight is 363 g/mol. The molecule has 0 bridgehead atoms. The quantitative estimate of drug-likeness (QED) is 0.871. The van der Waals surface area contributed by atoms with Gasteiger partial charge in [0.15, 0.2) is 0 Å². The second kappa shape index (κ2) is 8.97. The lowest BCUT2D eigenvalue weighted by molar-refractivity contribution is 0.150. The van der Waals surface area contributed by atoms with Crippen LogP contribution in [0.25, 0.3) is 0 Å². The predicted octanol–water partition coefficient (Wildman–Crippen LogP) is 3.21. The molecular formula is C17H28Cl2N2O2. The maximum absolute atomic E-state index is 5.70. The van der Waals surface area contributed by atoms with E-state index >= 15 is 0 Å². The van der Waals surface area contributed by atoms with Gasteiger partial charge in [0.1, 0.15) is 11.5 Å². The third-order valence-corrected chi connectivity index (χ3v) is 4.60. The van der Waals surface area contributed by atoms with E-state index in [4.69, 9.17) is 9.47 Å². The molecule has 2 aliphatic rings. The highest BCUT2D eigenvalue weighted by Gasteiger charge is 2.40. The fraction of sp³-hybridized carbons (Fsp3) is 0.647. The summed E-state index contributed by atoms with van der Waals surface area (Å²) in [7, 11) is 3.53. The predicted molar refractivity (Wildman–Crippen MR) is 98.7 cm³/mol. The standard InChI is InChI=1S/C17H26N2O2.2ClH/c1-12-10-14(20-2)16(15(11-12)21-3)17(13-4-5-13)19-8-6-18-7-9-19;;/h10-11,13,17-18H,4-9H2,1-3H3;2*1H/t17-;;/m0../s1. The van der Waals surface area contributed by atoms with Gasteiger partial charge < -0.3 is 14.8 Å². The number of rotatable bonds is 5. The van der Waals surface area contributed by atoms with Gasteiger partial charge in [0.25, 0.3) is 0 Å². The van der Waals surface area contributed by atoms with Crippen LogP contribution in [-0.4, -0.2) is 45.3 Å². The molecule has 1 aliphatic heterocycles. The van der Waals surface area contributed by atoms with Crippen LogP contribution >= 0.6 is 24.8 Å². The Hall–Kier alpha value is -0.680. The summed E-state index contributed by atoms with van der Waals surface area (Å²) in [6, 6.07) is 4.70. The van der Waals surface area contributed by atoms with Crippen molar-refractivity contribution in [1.82, 2.24) is 10.2 Å². The van der Waals surface area contributed by atoms with Crippen molar-refractivity contribution in [3.05, 3.63) is 23.3 Å². The van der Waals surface area contributed by atoms with Gasteiger partial charge >= 0.3 is 0 Å². The van der Waals surface area contributed by atoms with E-state index in [-0.39, 0.29) is 24.8 Å². The van der Waals surface area contributed by atoms with Crippen LogP contribution in [0.2, 0.25) is 0 Å². The van der Waals surface area contributed by atoms with Gasteiger partial charge in [-0.25, -0.2) is 0 Å². The van der Waals surface area contributed by atoms with Crippen LogP contribution in [0.4, 0.5) is 0 Å². The van der Waals surface area contributed by atoms with Gasteiger partial charge in [-0.05, 0) is 43.4 Å². The Morgan fingerprint density at radius 3 is 2.00 bits per heavy atom. The van der Waals surface area contributed by atoms with Crippen LogP contribution in [0.5, 0.6) is 11.5 Å². The molecule has 4 nitrogen and oxygen atoms in total. The Kier molecular flexibility index (Phi) is 7.95. The molecule has 132 valence electrons. The van der Waals surface area contributed by atoms with Gasteiger partial charge in [-0.2, -0.15) is 0 Å². The summed E-state index contributed by atoms with van der Waals surface area (Å²) in [6.45, 7) is 6.42. The highest BCUT2D eigenvalue weighted by molar-refractivity contribution is 5.85. The molecule has 1 aromatic rings. The molecule has 1 aliphatic carbocycles. The van der Waals surface area contributed by atoms with Crippen molar-refractivity contribution in [1.29, 1.82) is 0 Å². The number of piperazine rings is 1. The van der Waals surface area contributed by atoms with E-state index in [1.165, 1.54) is 24.0 Å². The van der Waals surface area contributed by atoms with E-state index in [9.17, 15) is 0 Å². The average Bonchev–Trinajstić information content (AvgIpc) is 3.34. The zero-order valence-corrected chi connectivity index (χ0v) is 15.8.